The lowest BCUT2D eigenvalue weighted by Crippen LogP contribution is -2.43. The van der Waals surface area contributed by atoms with Gasteiger partial charge in [-0.15, -0.1) is 12.4 Å². The molecular weight excluding hydrogens is 262 g/mol. The second-order valence-electron chi connectivity index (χ2n) is 5.18. The van der Waals surface area contributed by atoms with E-state index in [1.54, 1.807) is 6.20 Å². The van der Waals surface area contributed by atoms with Crippen molar-refractivity contribution < 1.29 is 4.79 Å². The van der Waals surface area contributed by atoms with E-state index in [0.29, 0.717) is 13.1 Å². The van der Waals surface area contributed by atoms with Crippen LogP contribution in [0.2, 0.25) is 0 Å². The molecule has 0 bridgehead atoms. The van der Waals surface area contributed by atoms with Crippen molar-refractivity contribution in [3.05, 3.63) is 29.6 Å². The Morgan fingerprint density at radius 3 is 2.74 bits per heavy atom. The van der Waals surface area contributed by atoms with Gasteiger partial charge in [-0.05, 0) is 37.0 Å². The number of amides is 1. The van der Waals surface area contributed by atoms with Gasteiger partial charge >= 0.3 is 0 Å². The molecule has 0 radical (unpaired) electrons. The minimum Gasteiger partial charge on any atom is -0.351 e. The number of aryl methyl sites for hydroxylation is 1. The molecule has 4 nitrogen and oxygen atoms in total. The van der Waals surface area contributed by atoms with Crippen LogP contribution in [0, 0.1) is 12.3 Å². The quantitative estimate of drug-likeness (QED) is 0.887. The Kier molecular flexibility index (Phi) is 5.76. The Morgan fingerprint density at radius 1 is 1.47 bits per heavy atom. The summed E-state index contributed by atoms with van der Waals surface area (Å²) in [4.78, 5) is 16.3. The molecule has 5 heteroatoms. The van der Waals surface area contributed by atoms with Gasteiger partial charge in [-0.2, -0.15) is 0 Å². The first-order valence-corrected chi connectivity index (χ1v) is 6.56. The summed E-state index contributed by atoms with van der Waals surface area (Å²) in [5.74, 6) is 0.110. The highest BCUT2D eigenvalue weighted by Crippen LogP contribution is 2.37. The molecule has 19 heavy (non-hydrogen) atoms. The van der Waals surface area contributed by atoms with Crippen molar-refractivity contribution in [2.24, 2.45) is 11.1 Å². The maximum Gasteiger partial charge on any atom is 0.227 e. The molecule has 1 aromatic heterocycles. The van der Waals surface area contributed by atoms with Gasteiger partial charge < -0.3 is 11.1 Å². The van der Waals surface area contributed by atoms with Crippen molar-refractivity contribution in [3.8, 4) is 0 Å². The normalized spacial score (nSPS) is 16.7. The molecule has 3 N–H and O–H groups in total. The summed E-state index contributed by atoms with van der Waals surface area (Å²) in [6.07, 6.45) is 7.63. The highest BCUT2D eigenvalue weighted by Gasteiger charge is 2.39. The molecule has 0 aliphatic heterocycles. The zero-order valence-electron chi connectivity index (χ0n) is 11.3. The lowest BCUT2D eigenvalue weighted by molar-refractivity contribution is -0.130. The molecule has 2 rings (SSSR count). The van der Waals surface area contributed by atoms with Crippen LogP contribution in [0.25, 0.3) is 0 Å². The van der Waals surface area contributed by atoms with Crippen molar-refractivity contribution in [2.75, 3.05) is 6.54 Å². The molecule has 1 fully saturated rings. The first kappa shape index (κ1) is 15.9. The molecule has 1 heterocycles. The van der Waals surface area contributed by atoms with Gasteiger partial charge in [0.1, 0.15) is 0 Å². The van der Waals surface area contributed by atoms with Gasteiger partial charge in [-0.1, -0.05) is 12.8 Å². The van der Waals surface area contributed by atoms with Crippen molar-refractivity contribution in [1.29, 1.82) is 0 Å². The number of pyridine rings is 1. The topological polar surface area (TPSA) is 68.0 Å². The molecule has 1 amide bonds. The fourth-order valence-electron chi connectivity index (χ4n) is 2.64. The maximum absolute atomic E-state index is 12.3. The van der Waals surface area contributed by atoms with Crippen LogP contribution >= 0.6 is 12.4 Å². The van der Waals surface area contributed by atoms with E-state index >= 15 is 0 Å². The van der Waals surface area contributed by atoms with Crippen LogP contribution in [0.15, 0.2) is 18.5 Å². The third-order valence-electron chi connectivity index (χ3n) is 4.01. The predicted octanol–water partition coefficient (Wildman–Crippen LogP) is 1.95. The maximum atomic E-state index is 12.3. The van der Waals surface area contributed by atoms with E-state index in [2.05, 4.69) is 10.3 Å². The van der Waals surface area contributed by atoms with Crippen LogP contribution in [-0.2, 0) is 11.3 Å². The minimum atomic E-state index is -0.319. The van der Waals surface area contributed by atoms with Gasteiger partial charge in [0.15, 0.2) is 0 Å². The molecule has 106 valence electrons. The highest BCUT2D eigenvalue weighted by atomic mass is 35.5. The summed E-state index contributed by atoms with van der Waals surface area (Å²) in [7, 11) is 0. The van der Waals surface area contributed by atoms with Gasteiger partial charge in [-0.3, -0.25) is 9.78 Å². The molecule has 1 aliphatic rings. The van der Waals surface area contributed by atoms with E-state index in [1.165, 1.54) is 0 Å². The fourth-order valence-corrected chi connectivity index (χ4v) is 2.64. The van der Waals surface area contributed by atoms with Crippen molar-refractivity contribution in [2.45, 2.75) is 39.2 Å². The van der Waals surface area contributed by atoms with Crippen LogP contribution in [0.1, 0.15) is 36.8 Å². The Labute approximate surface area is 120 Å². The summed E-state index contributed by atoms with van der Waals surface area (Å²) in [6.45, 7) is 3.02. The number of nitrogens with two attached hydrogens (primary N) is 1. The Hall–Kier alpha value is -1.13. The number of carbonyl (C=O) groups is 1. The first-order valence-electron chi connectivity index (χ1n) is 6.56. The molecule has 1 saturated carbocycles. The monoisotopic (exact) mass is 283 g/mol. The average Bonchev–Trinajstić information content (AvgIpc) is 2.87. The van der Waals surface area contributed by atoms with Crippen molar-refractivity contribution in [3.63, 3.8) is 0 Å². The van der Waals surface area contributed by atoms with Crippen LogP contribution in [0.4, 0.5) is 0 Å². The van der Waals surface area contributed by atoms with Crippen LogP contribution in [0.3, 0.4) is 0 Å². The average molecular weight is 284 g/mol. The lowest BCUT2D eigenvalue weighted by Gasteiger charge is -2.25. The summed E-state index contributed by atoms with van der Waals surface area (Å²) >= 11 is 0. The van der Waals surface area contributed by atoms with Gasteiger partial charge in [0.25, 0.3) is 0 Å². The molecule has 0 unspecified atom stereocenters. The van der Waals surface area contributed by atoms with Gasteiger partial charge in [-0.25, -0.2) is 0 Å². The van der Waals surface area contributed by atoms with E-state index in [4.69, 9.17) is 5.73 Å². The van der Waals surface area contributed by atoms with Crippen molar-refractivity contribution in [1.82, 2.24) is 10.3 Å². The number of carbonyl (C=O) groups excluding carboxylic acids is 1. The SMILES string of the molecule is Cc1cnccc1CNC(=O)C1(CN)CCCC1.Cl. The third-order valence-corrected chi connectivity index (χ3v) is 4.01. The molecule has 1 aromatic rings. The smallest absolute Gasteiger partial charge is 0.227 e. The number of hydrogen-bond donors (Lipinski definition) is 2. The standard InChI is InChI=1S/C14H21N3O.ClH/c1-11-8-16-7-4-12(11)9-17-13(18)14(10-15)5-2-3-6-14;/h4,7-8H,2-3,5-6,9-10,15H2,1H3,(H,17,18);1H. The van der Waals surface area contributed by atoms with Gasteiger partial charge in [0.2, 0.25) is 5.91 Å². The number of nitrogens with zero attached hydrogens (tertiary/aromatic N) is 1. The van der Waals surface area contributed by atoms with E-state index in [0.717, 1.165) is 36.8 Å². The number of aromatic nitrogens is 1. The molecule has 1 aliphatic carbocycles. The lowest BCUT2D eigenvalue weighted by atomic mass is 9.85. The number of nitrogens with one attached hydrogen (secondary N) is 1. The van der Waals surface area contributed by atoms with Crippen LogP contribution < -0.4 is 11.1 Å². The van der Waals surface area contributed by atoms with E-state index < -0.39 is 0 Å². The van der Waals surface area contributed by atoms with Gasteiger partial charge in [0, 0.05) is 25.5 Å². The van der Waals surface area contributed by atoms with Gasteiger partial charge in [0.05, 0.1) is 5.41 Å². The molecule has 0 saturated heterocycles. The Bertz CT molecular complexity index is 430. The number of halogens is 1. The van der Waals surface area contributed by atoms with E-state index in [9.17, 15) is 4.79 Å². The Balaban J connectivity index is 0.00000180. The summed E-state index contributed by atoms with van der Waals surface area (Å²) < 4.78 is 0. The predicted molar refractivity (Wildman–Crippen MR) is 78.0 cm³/mol. The molecule has 0 aromatic carbocycles. The summed E-state index contributed by atoms with van der Waals surface area (Å²) in [6, 6.07) is 1.94. The number of hydrogen-bond acceptors (Lipinski definition) is 3. The minimum absolute atomic E-state index is 0. The van der Waals surface area contributed by atoms with E-state index in [1.807, 2.05) is 19.2 Å². The third kappa shape index (κ3) is 3.45. The molecular formula is C14H22ClN3O. The molecule has 0 atom stereocenters. The molecule has 0 spiro atoms. The van der Waals surface area contributed by atoms with Crippen LogP contribution in [-0.4, -0.2) is 17.4 Å². The van der Waals surface area contributed by atoms with Crippen LogP contribution in [0.5, 0.6) is 0 Å². The summed E-state index contributed by atoms with van der Waals surface area (Å²) in [5, 5.41) is 3.03. The summed E-state index contributed by atoms with van der Waals surface area (Å²) in [5.41, 5.74) is 7.70. The fraction of sp³-hybridized carbons (Fsp3) is 0.571. The largest absolute Gasteiger partial charge is 0.351 e. The zero-order valence-corrected chi connectivity index (χ0v) is 12.1. The second kappa shape index (κ2) is 6.87. The first-order chi connectivity index (χ1) is 8.68. The van der Waals surface area contributed by atoms with E-state index in [-0.39, 0.29) is 23.7 Å². The zero-order chi connectivity index (χ0) is 13.0. The Morgan fingerprint density at radius 2 is 2.16 bits per heavy atom. The van der Waals surface area contributed by atoms with Crippen molar-refractivity contribution >= 4 is 18.3 Å². The highest BCUT2D eigenvalue weighted by molar-refractivity contribution is 5.85. The number of rotatable bonds is 4. The second-order valence-corrected chi connectivity index (χ2v) is 5.18.